The topological polar surface area (TPSA) is 102 Å². The predicted octanol–water partition coefficient (Wildman–Crippen LogP) is 0.446. The van der Waals surface area contributed by atoms with Gasteiger partial charge in [-0.15, -0.1) is 0 Å². The first-order valence-electron chi connectivity index (χ1n) is 10.1. The molecule has 2 rings (SSSR count). The summed E-state index contributed by atoms with van der Waals surface area (Å²) in [7, 11) is 0. The molecule has 156 valence electrons. The summed E-state index contributed by atoms with van der Waals surface area (Å²) in [5.74, 6) is -0.274. The summed E-state index contributed by atoms with van der Waals surface area (Å²) in [6, 6.07) is 8.61. The first kappa shape index (κ1) is 22.3. The largest absolute Gasteiger partial charge is 0.392 e. The SMILES string of the molecule is CC(O)CN(CCCCC1NC(=O)C(Cc2ccccc2)NC1=O)CC(C)O. The van der Waals surface area contributed by atoms with Crippen LogP contribution >= 0.6 is 0 Å². The second kappa shape index (κ2) is 11.1. The minimum atomic E-state index is -0.529. The van der Waals surface area contributed by atoms with Gasteiger partial charge in [0.1, 0.15) is 12.1 Å². The van der Waals surface area contributed by atoms with E-state index in [9.17, 15) is 19.8 Å². The average Bonchev–Trinajstić information content (AvgIpc) is 2.62. The molecule has 4 N–H and O–H groups in total. The van der Waals surface area contributed by atoms with E-state index in [-0.39, 0.29) is 11.8 Å². The number of carbonyl (C=O) groups is 2. The van der Waals surface area contributed by atoms with Crippen molar-refractivity contribution >= 4 is 11.8 Å². The van der Waals surface area contributed by atoms with E-state index in [0.29, 0.717) is 25.9 Å². The Balaban J connectivity index is 1.74. The van der Waals surface area contributed by atoms with Gasteiger partial charge in [0, 0.05) is 19.5 Å². The Hall–Kier alpha value is -1.96. The lowest BCUT2D eigenvalue weighted by Crippen LogP contribution is -2.62. The van der Waals surface area contributed by atoms with Crippen LogP contribution in [0.15, 0.2) is 30.3 Å². The highest BCUT2D eigenvalue weighted by molar-refractivity contribution is 5.97. The number of benzene rings is 1. The van der Waals surface area contributed by atoms with Gasteiger partial charge in [0.15, 0.2) is 0 Å². The van der Waals surface area contributed by atoms with Crippen molar-refractivity contribution in [2.24, 2.45) is 0 Å². The van der Waals surface area contributed by atoms with Crippen LogP contribution in [0.4, 0.5) is 0 Å². The number of rotatable bonds is 11. The maximum atomic E-state index is 12.4. The Bertz CT molecular complexity index is 611. The van der Waals surface area contributed by atoms with Crippen molar-refractivity contribution in [3.63, 3.8) is 0 Å². The summed E-state index contributed by atoms with van der Waals surface area (Å²) in [5.41, 5.74) is 1.01. The highest BCUT2D eigenvalue weighted by atomic mass is 16.3. The zero-order valence-corrected chi connectivity index (χ0v) is 16.8. The lowest BCUT2D eigenvalue weighted by atomic mass is 10.00. The molecule has 4 unspecified atom stereocenters. The molecule has 1 heterocycles. The van der Waals surface area contributed by atoms with Crippen LogP contribution in [0.2, 0.25) is 0 Å². The molecule has 1 aromatic rings. The van der Waals surface area contributed by atoms with Crippen LogP contribution in [-0.2, 0) is 16.0 Å². The fourth-order valence-electron chi connectivity index (χ4n) is 3.56. The molecule has 0 spiro atoms. The molecule has 1 aliphatic rings. The molecule has 0 aliphatic carbocycles. The molecular weight excluding hydrogens is 358 g/mol. The zero-order chi connectivity index (χ0) is 20.5. The monoisotopic (exact) mass is 391 g/mol. The number of amides is 2. The van der Waals surface area contributed by atoms with E-state index in [0.717, 1.165) is 24.9 Å². The van der Waals surface area contributed by atoms with Crippen LogP contribution in [0, 0.1) is 0 Å². The number of hydrogen-bond donors (Lipinski definition) is 4. The summed E-state index contributed by atoms with van der Waals surface area (Å²) < 4.78 is 0. The van der Waals surface area contributed by atoms with E-state index in [1.165, 1.54) is 0 Å². The molecule has 1 saturated heterocycles. The molecule has 0 bridgehead atoms. The van der Waals surface area contributed by atoms with Crippen molar-refractivity contribution < 1.29 is 19.8 Å². The van der Waals surface area contributed by atoms with Gasteiger partial charge in [0.2, 0.25) is 11.8 Å². The van der Waals surface area contributed by atoms with Gasteiger partial charge < -0.3 is 20.8 Å². The van der Waals surface area contributed by atoms with E-state index >= 15 is 0 Å². The summed E-state index contributed by atoms with van der Waals surface area (Å²) in [6.07, 6.45) is 1.75. The standard InChI is InChI=1S/C21H33N3O4/c1-15(25)13-24(14-16(2)26)11-7-6-10-18-20(27)23-19(21(28)22-18)12-17-8-4-3-5-9-17/h3-5,8-9,15-16,18-19,25-26H,6-7,10-14H2,1-2H3,(H,22,28)(H,23,27). The first-order chi connectivity index (χ1) is 13.3. The number of unbranched alkanes of at least 4 members (excludes halogenated alkanes) is 1. The fraction of sp³-hybridized carbons (Fsp3) is 0.619. The Kier molecular flexibility index (Phi) is 8.89. The third-order valence-electron chi connectivity index (χ3n) is 4.81. The average molecular weight is 392 g/mol. The van der Waals surface area contributed by atoms with Crippen molar-refractivity contribution in [1.82, 2.24) is 15.5 Å². The lowest BCUT2D eigenvalue weighted by molar-refractivity contribution is -0.136. The maximum absolute atomic E-state index is 12.4. The number of nitrogens with zero attached hydrogens (tertiary/aromatic N) is 1. The number of aliphatic hydroxyl groups excluding tert-OH is 2. The number of carbonyl (C=O) groups excluding carboxylic acids is 2. The molecule has 1 fully saturated rings. The molecule has 0 saturated carbocycles. The predicted molar refractivity (Wildman–Crippen MR) is 108 cm³/mol. The Morgan fingerprint density at radius 2 is 1.50 bits per heavy atom. The van der Waals surface area contributed by atoms with Crippen molar-refractivity contribution in [3.8, 4) is 0 Å². The lowest BCUT2D eigenvalue weighted by Gasteiger charge is -2.30. The molecule has 1 aliphatic heterocycles. The molecular formula is C21H33N3O4. The first-order valence-corrected chi connectivity index (χ1v) is 10.1. The number of nitrogens with one attached hydrogen (secondary N) is 2. The molecule has 28 heavy (non-hydrogen) atoms. The Morgan fingerprint density at radius 3 is 2.11 bits per heavy atom. The summed E-state index contributed by atoms with van der Waals surface area (Å²) in [6.45, 7) is 5.19. The highest BCUT2D eigenvalue weighted by Crippen LogP contribution is 2.11. The maximum Gasteiger partial charge on any atom is 0.243 e. The normalized spacial score (nSPS) is 21.9. The van der Waals surface area contributed by atoms with Crippen molar-refractivity contribution in [2.45, 2.75) is 63.8 Å². The fourth-order valence-corrected chi connectivity index (χ4v) is 3.56. The van der Waals surface area contributed by atoms with Gasteiger partial charge in [-0.3, -0.25) is 14.5 Å². The second-order valence-corrected chi connectivity index (χ2v) is 7.77. The van der Waals surface area contributed by atoms with E-state index in [1.54, 1.807) is 13.8 Å². The van der Waals surface area contributed by atoms with Crippen LogP contribution in [0.3, 0.4) is 0 Å². The molecule has 1 aromatic carbocycles. The molecule has 2 amide bonds. The molecule has 4 atom stereocenters. The van der Waals surface area contributed by atoms with Crippen LogP contribution in [0.5, 0.6) is 0 Å². The van der Waals surface area contributed by atoms with Gasteiger partial charge in [0.25, 0.3) is 0 Å². The number of piperazine rings is 1. The van der Waals surface area contributed by atoms with Crippen LogP contribution < -0.4 is 10.6 Å². The van der Waals surface area contributed by atoms with E-state index in [4.69, 9.17) is 0 Å². The minimum absolute atomic E-state index is 0.134. The highest BCUT2D eigenvalue weighted by Gasteiger charge is 2.33. The quantitative estimate of drug-likeness (QED) is 0.410. The summed E-state index contributed by atoms with van der Waals surface area (Å²) >= 11 is 0. The van der Waals surface area contributed by atoms with E-state index < -0.39 is 24.3 Å². The van der Waals surface area contributed by atoms with Crippen molar-refractivity contribution in [3.05, 3.63) is 35.9 Å². The number of aliphatic hydroxyl groups is 2. The van der Waals surface area contributed by atoms with Crippen LogP contribution in [-0.4, -0.2) is 70.9 Å². The van der Waals surface area contributed by atoms with Crippen LogP contribution in [0.25, 0.3) is 0 Å². The molecule has 7 heteroatoms. The second-order valence-electron chi connectivity index (χ2n) is 7.77. The molecule has 7 nitrogen and oxygen atoms in total. The number of hydrogen-bond acceptors (Lipinski definition) is 5. The van der Waals surface area contributed by atoms with E-state index in [2.05, 4.69) is 10.6 Å². The summed E-state index contributed by atoms with van der Waals surface area (Å²) in [4.78, 5) is 26.7. The third kappa shape index (κ3) is 7.58. The van der Waals surface area contributed by atoms with Crippen LogP contribution in [0.1, 0.15) is 38.7 Å². The van der Waals surface area contributed by atoms with Crippen molar-refractivity contribution in [1.29, 1.82) is 0 Å². The Morgan fingerprint density at radius 1 is 0.929 bits per heavy atom. The van der Waals surface area contributed by atoms with Gasteiger partial charge in [-0.2, -0.15) is 0 Å². The zero-order valence-electron chi connectivity index (χ0n) is 16.8. The Labute approximate surface area is 167 Å². The molecule has 0 aromatic heterocycles. The van der Waals surface area contributed by atoms with Gasteiger partial charge in [-0.25, -0.2) is 0 Å². The van der Waals surface area contributed by atoms with Gasteiger partial charge in [0.05, 0.1) is 12.2 Å². The van der Waals surface area contributed by atoms with Gasteiger partial charge >= 0.3 is 0 Å². The van der Waals surface area contributed by atoms with E-state index in [1.807, 2.05) is 35.2 Å². The smallest absolute Gasteiger partial charge is 0.243 e. The summed E-state index contributed by atoms with van der Waals surface area (Å²) in [5, 5.41) is 24.8. The van der Waals surface area contributed by atoms with Gasteiger partial charge in [-0.1, -0.05) is 30.3 Å². The van der Waals surface area contributed by atoms with Gasteiger partial charge in [-0.05, 0) is 45.2 Å². The third-order valence-corrected chi connectivity index (χ3v) is 4.81. The van der Waals surface area contributed by atoms with Crippen molar-refractivity contribution in [2.75, 3.05) is 19.6 Å². The minimum Gasteiger partial charge on any atom is -0.392 e. The molecule has 0 radical (unpaired) electrons.